The first-order chi connectivity index (χ1) is 12.4. The van der Waals surface area contributed by atoms with E-state index in [9.17, 15) is 4.79 Å². The van der Waals surface area contributed by atoms with E-state index in [1.54, 1.807) is 0 Å². The summed E-state index contributed by atoms with van der Waals surface area (Å²) in [5.41, 5.74) is 3.78. The average Bonchev–Trinajstić information content (AvgIpc) is 2.62. The molecule has 1 aliphatic rings. The van der Waals surface area contributed by atoms with Crippen molar-refractivity contribution >= 4 is 6.09 Å². The topological polar surface area (TPSA) is 29.5 Å². The molecule has 3 rings (SSSR count). The third-order valence-corrected chi connectivity index (χ3v) is 5.19. The van der Waals surface area contributed by atoms with Crippen LogP contribution in [0, 0.1) is 6.92 Å². The summed E-state index contributed by atoms with van der Waals surface area (Å²) in [6.07, 6.45) is 1.15. The second-order valence-electron chi connectivity index (χ2n) is 7.39. The van der Waals surface area contributed by atoms with Crippen molar-refractivity contribution in [1.29, 1.82) is 0 Å². The Morgan fingerprint density at radius 1 is 1.19 bits per heavy atom. The van der Waals surface area contributed by atoms with Gasteiger partial charge in [-0.1, -0.05) is 72.3 Å². The maximum absolute atomic E-state index is 12.9. The lowest BCUT2D eigenvalue weighted by Gasteiger charge is -2.43. The zero-order valence-corrected chi connectivity index (χ0v) is 15.9. The first kappa shape index (κ1) is 18.2. The number of amides is 1. The summed E-state index contributed by atoms with van der Waals surface area (Å²) in [4.78, 5) is 14.7. The van der Waals surface area contributed by atoms with Crippen molar-refractivity contribution in [2.75, 3.05) is 6.54 Å². The Balaban J connectivity index is 1.84. The lowest BCUT2D eigenvalue weighted by Crippen LogP contribution is -2.48. The molecule has 2 aromatic carbocycles. The van der Waals surface area contributed by atoms with Gasteiger partial charge in [-0.3, -0.25) is 0 Å². The van der Waals surface area contributed by atoms with Crippen LogP contribution in [0.3, 0.4) is 0 Å². The van der Waals surface area contributed by atoms with Crippen molar-refractivity contribution in [3.63, 3.8) is 0 Å². The predicted octanol–water partition coefficient (Wildman–Crippen LogP) is 5.76. The van der Waals surface area contributed by atoms with Crippen LogP contribution in [0.5, 0.6) is 0 Å². The minimum absolute atomic E-state index is 0.0123. The average molecular weight is 349 g/mol. The number of nitrogens with zero attached hydrogens (tertiary/aromatic N) is 1. The van der Waals surface area contributed by atoms with Crippen LogP contribution in [0.1, 0.15) is 49.4 Å². The van der Waals surface area contributed by atoms with E-state index < -0.39 is 5.60 Å². The lowest BCUT2D eigenvalue weighted by atomic mass is 9.83. The van der Waals surface area contributed by atoms with Gasteiger partial charge in [-0.15, -0.1) is 0 Å². The fourth-order valence-electron chi connectivity index (χ4n) is 3.70. The van der Waals surface area contributed by atoms with E-state index in [0.717, 1.165) is 23.1 Å². The predicted molar refractivity (Wildman–Crippen MR) is 105 cm³/mol. The summed E-state index contributed by atoms with van der Waals surface area (Å²) in [6.45, 7) is 10.8. The maximum atomic E-state index is 12.9. The van der Waals surface area contributed by atoms with E-state index in [2.05, 4.69) is 44.7 Å². The number of ether oxygens (including phenoxy) is 1. The summed E-state index contributed by atoms with van der Waals surface area (Å²) in [6, 6.07) is 18.4. The van der Waals surface area contributed by atoms with E-state index >= 15 is 0 Å². The quantitative estimate of drug-likeness (QED) is 0.642. The van der Waals surface area contributed by atoms with Crippen LogP contribution in [-0.4, -0.2) is 17.5 Å². The number of benzene rings is 2. The number of cyclic esters (lactones) is 1. The summed E-state index contributed by atoms with van der Waals surface area (Å²) >= 11 is 0. The Bertz CT molecular complexity index is 782. The third kappa shape index (κ3) is 3.67. The molecule has 0 spiro atoms. The number of carbonyl (C=O) groups is 1. The van der Waals surface area contributed by atoms with Crippen LogP contribution in [0.4, 0.5) is 4.79 Å². The molecule has 0 saturated carbocycles. The zero-order valence-electron chi connectivity index (χ0n) is 15.9. The molecule has 1 saturated heterocycles. The molecule has 0 radical (unpaired) electrons. The molecule has 2 unspecified atom stereocenters. The van der Waals surface area contributed by atoms with Gasteiger partial charge < -0.3 is 9.64 Å². The Morgan fingerprint density at radius 3 is 2.42 bits per heavy atom. The molecule has 0 aliphatic carbocycles. The van der Waals surface area contributed by atoms with Gasteiger partial charge in [0, 0.05) is 19.4 Å². The number of rotatable bonds is 5. The van der Waals surface area contributed by atoms with Gasteiger partial charge in [-0.05, 0) is 31.9 Å². The van der Waals surface area contributed by atoms with Crippen LogP contribution in [0.2, 0.25) is 0 Å². The summed E-state index contributed by atoms with van der Waals surface area (Å²) in [7, 11) is 0. The lowest BCUT2D eigenvalue weighted by molar-refractivity contribution is -0.0602. The van der Waals surface area contributed by atoms with Crippen LogP contribution < -0.4 is 0 Å². The highest BCUT2D eigenvalue weighted by molar-refractivity contribution is 5.70. The van der Waals surface area contributed by atoms with Gasteiger partial charge in [0.25, 0.3) is 0 Å². The van der Waals surface area contributed by atoms with Gasteiger partial charge >= 0.3 is 6.09 Å². The second kappa shape index (κ2) is 7.36. The van der Waals surface area contributed by atoms with Crippen molar-refractivity contribution in [2.45, 2.75) is 45.3 Å². The molecule has 1 heterocycles. The van der Waals surface area contributed by atoms with E-state index in [0.29, 0.717) is 13.0 Å². The molecule has 0 N–H and O–H groups in total. The largest absolute Gasteiger partial charge is 0.437 e. The fourth-order valence-corrected chi connectivity index (χ4v) is 3.70. The Kier molecular flexibility index (Phi) is 5.17. The molecule has 1 fully saturated rings. The molecule has 0 bridgehead atoms. The zero-order chi connectivity index (χ0) is 18.7. The molecule has 1 amide bonds. The first-order valence-corrected chi connectivity index (χ1v) is 9.17. The van der Waals surface area contributed by atoms with E-state index in [1.807, 2.05) is 42.2 Å². The highest BCUT2D eigenvalue weighted by atomic mass is 16.6. The van der Waals surface area contributed by atoms with Crippen molar-refractivity contribution < 1.29 is 9.53 Å². The Hall–Kier alpha value is -2.55. The van der Waals surface area contributed by atoms with E-state index in [-0.39, 0.29) is 12.1 Å². The van der Waals surface area contributed by atoms with Crippen LogP contribution in [-0.2, 0) is 10.3 Å². The van der Waals surface area contributed by atoms with E-state index in [1.165, 1.54) is 5.56 Å². The molecular formula is C23H27NO2. The first-order valence-electron chi connectivity index (χ1n) is 9.17. The molecule has 136 valence electrons. The molecule has 3 heteroatoms. The Morgan fingerprint density at radius 2 is 1.85 bits per heavy atom. The molecular weight excluding hydrogens is 322 g/mol. The van der Waals surface area contributed by atoms with Gasteiger partial charge in [-0.25, -0.2) is 4.79 Å². The number of carbonyl (C=O) groups excluding carboxylic acids is 1. The van der Waals surface area contributed by atoms with Crippen LogP contribution in [0.15, 0.2) is 66.7 Å². The molecule has 2 atom stereocenters. The minimum atomic E-state index is -0.617. The number of aryl methyl sites for hydroxylation is 1. The van der Waals surface area contributed by atoms with Crippen molar-refractivity contribution in [3.05, 3.63) is 83.4 Å². The highest BCUT2D eigenvalue weighted by Crippen LogP contribution is 2.41. The van der Waals surface area contributed by atoms with Gasteiger partial charge in [0.2, 0.25) is 0 Å². The summed E-state index contributed by atoms with van der Waals surface area (Å²) in [5, 5.41) is 0. The van der Waals surface area contributed by atoms with Crippen molar-refractivity contribution in [1.82, 2.24) is 4.90 Å². The SMILES string of the molecule is C=C(C)CC1(c2ccccc2)CCN(C(C)c2ccc(C)cc2)C(=O)O1. The van der Waals surface area contributed by atoms with Gasteiger partial charge in [0.15, 0.2) is 0 Å². The summed E-state index contributed by atoms with van der Waals surface area (Å²) < 4.78 is 6.08. The van der Waals surface area contributed by atoms with Gasteiger partial charge in [-0.2, -0.15) is 0 Å². The second-order valence-corrected chi connectivity index (χ2v) is 7.39. The molecule has 3 nitrogen and oxygen atoms in total. The van der Waals surface area contributed by atoms with Crippen molar-refractivity contribution in [3.8, 4) is 0 Å². The molecule has 26 heavy (non-hydrogen) atoms. The van der Waals surface area contributed by atoms with Crippen LogP contribution >= 0.6 is 0 Å². The standard InChI is InChI=1S/C23H27NO2/c1-17(2)16-23(21-8-6-5-7-9-21)14-15-24(22(25)26-23)19(4)20-12-10-18(3)11-13-20/h5-13,19H,1,14-16H2,2-4H3. The van der Waals surface area contributed by atoms with Crippen molar-refractivity contribution in [2.24, 2.45) is 0 Å². The molecule has 0 aromatic heterocycles. The Labute approximate surface area is 156 Å². The fraction of sp³-hybridized carbons (Fsp3) is 0.348. The van der Waals surface area contributed by atoms with Gasteiger partial charge in [0.05, 0.1) is 6.04 Å². The maximum Gasteiger partial charge on any atom is 0.411 e. The summed E-state index contributed by atoms with van der Waals surface area (Å²) in [5.74, 6) is 0. The highest BCUT2D eigenvalue weighted by Gasteiger charge is 2.43. The number of hydrogen-bond donors (Lipinski definition) is 0. The van der Waals surface area contributed by atoms with Crippen LogP contribution in [0.25, 0.3) is 0 Å². The normalized spacial score (nSPS) is 21.2. The molecule has 2 aromatic rings. The van der Waals surface area contributed by atoms with E-state index in [4.69, 9.17) is 4.74 Å². The molecule has 1 aliphatic heterocycles. The smallest absolute Gasteiger partial charge is 0.411 e. The number of hydrogen-bond acceptors (Lipinski definition) is 2. The third-order valence-electron chi connectivity index (χ3n) is 5.19. The minimum Gasteiger partial charge on any atom is -0.437 e. The van der Waals surface area contributed by atoms with Gasteiger partial charge in [0.1, 0.15) is 5.60 Å². The monoisotopic (exact) mass is 349 g/mol.